The zero-order valence-corrected chi connectivity index (χ0v) is 11.8. The summed E-state index contributed by atoms with van der Waals surface area (Å²) in [6, 6.07) is 10.5. The number of nitrogens with one attached hydrogen (secondary N) is 1. The van der Waals surface area contributed by atoms with Crippen LogP contribution in [0.15, 0.2) is 36.4 Å². The molecular formula is C16H19NO3. The summed E-state index contributed by atoms with van der Waals surface area (Å²) >= 11 is 0. The molecule has 0 aliphatic rings. The van der Waals surface area contributed by atoms with Gasteiger partial charge in [-0.05, 0) is 32.0 Å². The standard InChI is InChI=1S/C16H19NO3/c1-10-4-6-14(18)13(8-10)11(2)17-12-5-7-16(20-3)15(19)9-12/h4-9,11,17-19H,1-3H3. The lowest BCUT2D eigenvalue weighted by Crippen LogP contribution is -2.07. The first-order valence-corrected chi connectivity index (χ1v) is 6.44. The van der Waals surface area contributed by atoms with Crippen LogP contribution in [-0.4, -0.2) is 17.3 Å². The molecule has 0 radical (unpaired) electrons. The minimum Gasteiger partial charge on any atom is -0.508 e. The van der Waals surface area contributed by atoms with Gasteiger partial charge in [0.1, 0.15) is 5.75 Å². The van der Waals surface area contributed by atoms with Crippen LogP contribution in [0.3, 0.4) is 0 Å². The van der Waals surface area contributed by atoms with Crippen molar-refractivity contribution in [3.8, 4) is 17.2 Å². The Hall–Kier alpha value is -2.36. The Morgan fingerprint density at radius 2 is 1.80 bits per heavy atom. The molecule has 1 atom stereocenters. The van der Waals surface area contributed by atoms with Gasteiger partial charge in [-0.2, -0.15) is 0 Å². The van der Waals surface area contributed by atoms with Crippen LogP contribution in [0.4, 0.5) is 5.69 Å². The molecule has 2 aromatic rings. The fourth-order valence-electron chi connectivity index (χ4n) is 2.13. The van der Waals surface area contributed by atoms with Crippen LogP contribution in [0.5, 0.6) is 17.2 Å². The van der Waals surface area contributed by atoms with Crippen LogP contribution in [-0.2, 0) is 0 Å². The number of methoxy groups -OCH3 is 1. The minimum absolute atomic E-state index is 0.0808. The van der Waals surface area contributed by atoms with E-state index in [4.69, 9.17) is 4.74 Å². The third-order valence-corrected chi connectivity index (χ3v) is 3.21. The average Bonchev–Trinajstić information content (AvgIpc) is 2.41. The molecule has 0 heterocycles. The number of hydrogen-bond acceptors (Lipinski definition) is 4. The van der Waals surface area contributed by atoms with Crippen molar-refractivity contribution in [2.24, 2.45) is 0 Å². The quantitative estimate of drug-likeness (QED) is 0.796. The first kappa shape index (κ1) is 14.1. The zero-order chi connectivity index (χ0) is 14.7. The maximum atomic E-state index is 9.91. The predicted molar refractivity (Wildman–Crippen MR) is 79.5 cm³/mol. The van der Waals surface area contributed by atoms with Crippen LogP contribution in [0.1, 0.15) is 24.1 Å². The van der Waals surface area contributed by atoms with Crippen molar-refractivity contribution in [2.75, 3.05) is 12.4 Å². The van der Waals surface area contributed by atoms with Crippen LogP contribution in [0.25, 0.3) is 0 Å². The molecular weight excluding hydrogens is 254 g/mol. The molecule has 0 saturated carbocycles. The fraction of sp³-hybridized carbons (Fsp3) is 0.250. The Bertz CT molecular complexity index is 611. The topological polar surface area (TPSA) is 61.7 Å². The van der Waals surface area contributed by atoms with Gasteiger partial charge in [-0.25, -0.2) is 0 Å². The first-order valence-electron chi connectivity index (χ1n) is 6.44. The van der Waals surface area contributed by atoms with E-state index >= 15 is 0 Å². The molecule has 4 heteroatoms. The second-order valence-corrected chi connectivity index (χ2v) is 4.81. The first-order chi connectivity index (χ1) is 9.51. The third-order valence-electron chi connectivity index (χ3n) is 3.21. The van der Waals surface area contributed by atoms with E-state index in [1.165, 1.54) is 7.11 Å². The van der Waals surface area contributed by atoms with Gasteiger partial charge in [-0.1, -0.05) is 17.7 Å². The Balaban J connectivity index is 2.21. The van der Waals surface area contributed by atoms with E-state index in [-0.39, 0.29) is 17.5 Å². The van der Waals surface area contributed by atoms with Gasteiger partial charge in [0.05, 0.1) is 13.2 Å². The lowest BCUT2D eigenvalue weighted by molar-refractivity contribution is 0.373. The van der Waals surface area contributed by atoms with Crippen LogP contribution >= 0.6 is 0 Å². The number of phenolic OH excluding ortho intramolecular Hbond substituents is 2. The van der Waals surface area contributed by atoms with Crippen molar-refractivity contribution in [3.05, 3.63) is 47.5 Å². The summed E-state index contributed by atoms with van der Waals surface area (Å²) in [5, 5.41) is 22.9. The average molecular weight is 273 g/mol. The number of phenols is 2. The molecule has 0 spiro atoms. The van der Waals surface area contributed by atoms with Gasteiger partial charge in [0.15, 0.2) is 11.5 Å². The van der Waals surface area contributed by atoms with E-state index in [2.05, 4.69) is 5.32 Å². The highest BCUT2D eigenvalue weighted by atomic mass is 16.5. The molecule has 20 heavy (non-hydrogen) atoms. The molecule has 0 fully saturated rings. The molecule has 0 aromatic heterocycles. The van der Waals surface area contributed by atoms with Gasteiger partial charge in [0.2, 0.25) is 0 Å². The Morgan fingerprint density at radius 3 is 2.45 bits per heavy atom. The molecule has 2 aromatic carbocycles. The Labute approximate surface area is 118 Å². The molecule has 0 amide bonds. The normalized spacial score (nSPS) is 11.9. The summed E-state index contributed by atoms with van der Waals surface area (Å²) in [4.78, 5) is 0. The van der Waals surface area contributed by atoms with E-state index in [1.807, 2.05) is 32.0 Å². The lowest BCUT2D eigenvalue weighted by Gasteiger charge is -2.18. The van der Waals surface area contributed by atoms with Crippen LogP contribution in [0.2, 0.25) is 0 Å². The van der Waals surface area contributed by atoms with Gasteiger partial charge < -0.3 is 20.3 Å². The number of ether oxygens (including phenoxy) is 1. The molecule has 0 aliphatic carbocycles. The number of aryl methyl sites for hydroxylation is 1. The number of rotatable bonds is 4. The van der Waals surface area contributed by atoms with Gasteiger partial charge in [-0.15, -0.1) is 0 Å². The number of benzene rings is 2. The second kappa shape index (κ2) is 5.74. The van der Waals surface area contributed by atoms with Gasteiger partial charge in [-0.3, -0.25) is 0 Å². The molecule has 2 rings (SSSR count). The summed E-state index contributed by atoms with van der Waals surface area (Å²) in [6.07, 6.45) is 0. The molecule has 0 saturated heterocycles. The minimum atomic E-state index is -0.0808. The van der Waals surface area contributed by atoms with Crippen molar-refractivity contribution in [1.29, 1.82) is 0 Å². The lowest BCUT2D eigenvalue weighted by atomic mass is 10.0. The number of hydrogen-bond donors (Lipinski definition) is 3. The maximum Gasteiger partial charge on any atom is 0.160 e. The van der Waals surface area contributed by atoms with E-state index in [9.17, 15) is 10.2 Å². The summed E-state index contributed by atoms with van der Waals surface area (Å²) in [6.45, 7) is 3.94. The van der Waals surface area contributed by atoms with Gasteiger partial charge in [0, 0.05) is 17.3 Å². The molecule has 4 nitrogen and oxygen atoms in total. The largest absolute Gasteiger partial charge is 0.508 e. The van der Waals surface area contributed by atoms with E-state index in [0.29, 0.717) is 5.75 Å². The van der Waals surface area contributed by atoms with Crippen molar-refractivity contribution in [2.45, 2.75) is 19.9 Å². The molecule has 1 unspecified atom stereocenters. The Morgan fingerprint density at radius 1 is 1.05 bits per heavy atom. The summed E-state index contributed by atoms with van der Waals surface area (Å²) in [7, 11) is 1.51. The van der Waals surface area contributed by atoms with E-state index in [0.717, 1.165) is 16.8 Å². The van der Waals surface area contributed by atoms with Crippen LogP contribution < -0.4 is 10.1 Å². The van der Waals surface area contributed by atoms with Crippen molar-refractivity contribution >= 4 is 5.69 Å². The van der Waals surface area contributed by atoms with Crippen molar-refractivity contribution in [3.63, 3.8) is 0 Å². The highest BCUT2D eigenvalue weighted by molar-refractivity contribution is 5.55. The maximum absolute atomic E-state index is 9.91. The van der Waals surface area contributed by atoms with E-state index in [1.54, 1.807) is 18.2 Å². The summed E-state index contributed by atoms with van der Waals surface area (Å²) in [5.74, 6) is 0.771. The molecule has 0 bridgehead atoms. The summed E-state index contributed by atoms with van der Waals surface area (Å²) in [5.41, 5.74) is 2.67. The SMILES string of the molecule is COc1ccc(NC(C)c2cc(C)ccc2O)cc1O. The van der Waals surface area contributed by atoms with Crippen LogP contribution in [0, 0.1) is 6.92 Å². The Kier molecular flexibility index (Phi) is 4.03. The highest BCUT2D eigenvalue weighted by Gasteiger charge is 2.11. The zero-order valence-electron chi connectivity index (χ0n) is 11.8. The molecule has 0 aliphatic heterocycles. The van der Waals surface area contributed by atoms with Crippen molar-refractivity contribution < 1.29 is 14.9 Å². The van der Waals surface area contributed by atoms with Gasteiger partial charge in [0.25, 0.3) is 0 Å². The second-order valence-electron chi connectivity index (χ2n) is 4.81. The fourth-order valence-corrected chi connectivity index (χ4v) is 2.13. The van der Waals surface area contributed by atoms with E-state index < -0.39 is 0 Å². The number of anilines is 1. The highest BCUT2D eigenvalue weighted by Crippen LogP contribution is 2.32. The predicted octanol–water partition coefficient (Wildman–Crippen LogP) is 3.59. The number of aromatic hydroxyl groups is 2. The molecule has 106 valence electrons. The smallest absolute Gasteiger partial charge is 0.160 e. The summed E-state index contributed by atoms with van der Waals surface area (Å²) < 4.78 is 5.01. The molecule has 3 N–H and O–H groups in total. The van der Waals surface area contributed by atoms with Crippen molar-refractivity contribution in [1.82, 2.24) is 0 Å². The van der Waals surface area contributed by atoms with Gasteiger partial charge >= 0.3 is 0 Å². The monoisotopic (exact) mass is 273 g/mol. The third kappa shape index (κ3) is 2.96.